The van der Waals surface area contributed by atoms with E-state index < -0.39 is 15.9 Å². The molecule has 0 saturated heterocycles. The summed E-state index contributed by atoms with van der Waals surface area (Å²) in [5.41, 5.74) is 0.698. The molecule has 2 heterocycles. The number of hydrogen-bond donors (Lipinski definition) is 0. The van der Waals surface area contributed by atoms with Crippen molar-refractivity contribution in [2.24, 2.45) is 5.92 Å². The van der Waals surface area contributed by atoms with Crippen LogP contribution in [0.15, 0.2) is 41.4 Å². The lowest BCUT2D eigenvalue weighted by Gasteiger charge is -2.21. The third kappa shape index (κ3) is 4.65. The lowest BCUT2D eigenvalue weighted by atomic mass is 10.2. The van der Waals surface area contributed by atoms with Gasteiger partial charge in [-0.1, -0.05) is 25.4 Å². The fraction of sp³-hybridized carbons (Fsp3) is 0.316. The summed E-state index contributed by atoms with van der Waals surface area (Å²) in [6.07, 6.45) is 1.91. The molecule has 0 aliphatic rings. The Morgan fingerprint density at radius 2 is 2.00 bits per heavy atom. The minimum atomic E-state index is -3.47. The van der Waals surface area contributed by atoms with Crippen molar-refractivity contribution in [1.29, 1.82) is 0 Å². The van der Waals surface area contributed by atoms with Crippen molar-refractivity contribution < 1.29 is 22.7 Å². The van der Waals surface area contributed by atoms with Crippen molar-refractivity contribution in [2.75, 3.05) is 24.9 Å². The quantitative estimate of drug-likeness (QED) is 0.561. The Labute approximate surface area is 179 Å². The molecule has 0 atom stereocenters. The van der Waals surface area contributed by atoms with E-state index in [1.807, 2.05) is 13.8 Å². The number of aromatic nitrogens is 3. The number of rotatable bonds is 6. The lowest BCUT2D eigenvalue weighted by Crippen LogP contribution is -2.29. The van der Waals surface area contributed by atoms with Crippen LogP contribution in [0.4, 0.5) is 16.4 Å². The van der Waals surface area contributed by atoms with E-state index in [-0.39, 0.29) is 34.8 Å². The molecule has 0 aliphatic heterocycles. The molecule has 0 bridgehead atoms. The molecule has 9 nitrogen and oxygen atoms in total. The number of carbonyl (C=O) groups is 1. The zero-order valence-corrected chi connectivity index (χ0v) is 18.4. The van der Waals surface area contributed by atoms with Gasteiger partial charge in [0.05, 0.1) is 29.3 Å². The van der Waals surface area contributed by atoms with E-state index >= 15 is 0 Å². The maximum atomic E-state index is 13.0. The molecule has 1 amide bonds. The number of nitrogens with zero attached hydrogens (tertiary/aromatic N) is 4. The SMILES string of the molecule is COc1cc(S(C)(=O)=O)ccc1N(C(=O)OCC(C)C)c1nc2ccc(Cl)cn2n1. The van der Waals surface area contributed by atoms with Crippen LogP contribution < -0.4 is 9.64 Å². The van der Waals surface area contributed by atoms with Gasteiger partial charge in [0.15, 0.2) is 15.5 Å². The molecular formula is C19H21ClN4O5S. The molecule has 11 heteroatoms. The van der Waals surface area contributed by atoms with Crippen molar-refractivity contribution in [1.82, 2.24) is 14.6 Å². The highest BCUT2D eigenvalue weighted by atomic mass is 35.5. The van der Waals surface area contributed by atoms with Crippen LogP contribution in [0.1, 0.15) is 13.8 Å². The summed E-state index contributed by atoms with van der Waals surface area (Å²) in [5, 5.41) is 4.76. The van der Waals surface area contributed by atoms with E-state index in [0.717, 1.165) is 11.2 Å². The first kappa shape index (κ1) is 21.8. The van der Waals surface area contributed by atoms with Gasteiger partial charge in [0, 0.05) is 18.5 Å². The number of carbonyl (C=O) groups excluding carboxylic acids is 1. The van der Waals surface area contributed by atoms with Crippen LogP contribution in [0, 0.1) is 5.92 Å². The number of hydrogen-bond acceptors (Lipinski definition) is 7. The van der Waals surface area contributed by atoms with E-state index in [1.165, 1.54) is 29.8 Å². The third-order valence-electron chi connectivity index (χ3n) is 4.03. The van der Waals surface area contributed by atoms with Gasteiger partial charge in [-0.05, 0) is 30.2 Å². The van der Waals surface area contributed by atoms with Crippen molar-refractivity contribution in [2.45, 2.75) is 18.7 Å². The molecule has 3 rings (SSSR count). The number of sulfone groups is 1. The number of amides is 1. The highest BCUT2D eigenvalue weighted by Crippen LogP contribution is 2.35. The second-order valence-electron chi connectivity index (χ2n) is 6.97. The highest BCUT2D eigenvalue weighted by Gasteiger charge is 2.28. The first-order valence-electron chi connectivity index (χ1n) is 8.97. The van der Waals surface area contributed by atoms with Crippen LogP contribution in [0.3, 0.4) is 0 Å². The third-order valence-corrected chi connectivity index (χ3v) is 5.36. The monoisotopic (exact) mass is 452 g/mol. The first-order valence-corrected chi connectivity index (χ1v) is 11.2. The fourth-order valence-electron chi connectivity index (χ4n) is 2.60. The summed E-state index contributed by atoms with van der Waals surface area (Å²) in [4.78, 5) is 18.5. The molecule has 2 aromatic heterocycles. The number of methoxy groups -OCH3 is 1. The topological polar surface area (TPSA) is 103 Å². The number of benzene rings is 1. The maximum absolute atomic E-state index is 13.0. The van der Waals surface area contributed by atoms with Crippen molar-refractivity contribution in [3.8, 4) is 5.75 Å². The van der Waals surface area contributed by atoms with Crippen molar-refractivity contribution in [3.63, 3.8) is 0 Å². The Morgan fingerprint density at radius 1 is 1.27 bits per heavy atom. The van der Waals surface area contributed by atoms with E-state index in [0.29, 0.717) is 10.7 Å². The summed E-state index contributed by atoms with van der Waals surface area (Å²) in [6.45, 7) is 3.99. The van der Waals surface area contributed by atoms with Gasteiger partial charge in [0.1, 0.15) is 5.75 Å². The molecule has 0 radical (unpaired) electrons. The van der Waals surface area contributed by atoms with Crippen LogP contribution in [-0.2, 0) is 14.6 Å². The molecule has 0 saturated carbocycles. The maximum Gasteiger partial charge on any atom is 0.421 e. The van der Waals surface area contributed by atoms with Crippen molar-refractivity contribution in [3.05, 3.63) is 41.6 Å². The van der Waals surface area contributed by atoms with E-state index in [9.17, 15) is 13.2 Å². The van der Waals surface area contributed by atoms with E-state index in [4.69, 9.17) is 21.1 Å². The second kappa shape index (κ2) is 8.49. The Kier molecular flexibility index (Phi) is 6.18. The highest BCUT2D eigenvalue weighted by molar-refractivity contribution is 7.90. The number of ether oxygens (including phenoxy) is 2. The average Bonchev–Trinajstić information content (AvgIpc) is 3.08. The molecule has 0 unspecified atom stereocenters. The van der Waals surface area contributed by atoms with Gasteiger partial charge in [-0.2, -0.15) is 4.98 Å². The van der Waals surface area contributed by atoms with Crippen LogP contribution in [-0.4, -0.2) is 49.1 Å². The van der Waals surface area contributed by atoms with Gasteiger partial charge >= 0.3 is 6.09 Å². The molecular weight excluding hydrogens is 432 g/mol. The predicted molar refractivity (Wildman–Crippen MR) is 112 cm³/mol. The summed E-state index contributed by atoms with van der Waals surface area (Å²) in [6, 6.07) is 7.46. The number of pyridine rings is 1. The van der Waals surface area contributed by atoms with Crippen LogP contribution in [0.25, 0.3) is 5.65 Å². The fourth-order valence-corrected chi connectivity index (χ4v) is 3.40. The normalized spacial score (nSPS) is 11.7. The molecule has 0 fully saturated rings. The minimum absolute atomic E-state index is 0.0245. The zero-order valence-electron chi connectivity index (χ0n) is 16.9. The lowest BCUT2D eigenvalue weighted by molar-refractivity contribution is 0.142. The van der Waals surface area contributed by atoms with E-state index in [1.54, 1.807) is 18.3 Å². The number of halogens is 1. The molecule has 0 aliphatic carbocycles. The molecule has 3 aromatic rings. The van der Waals surface area contributed by atoms with Crippen LogP contribution in [0.5, 0.6) is 5.75 Å². The van der Waals surface area contributed by atoms with Gasteiger partial charge in [0.2, 0.25) is 0 Å². The Hall–Kier alpha value is -2.85. The van der Waals surface area contributed by atoms with Crippen LogP contribution >= 0.6 is 11.6 Å². The summed E-state index contributed by atoms with van der Waals surface area (Å²) in [7, 11) is -2.10. The van der Waals surface area contributed by atoms with E-state index in [2.05, 4.69) is 10.1 Å². The number of anilines is 2. The minimum Gasteiger partial charge on any atom is -0.495 e. The largest absolute Gasteiger partial charge is 0.495 e. The van der Waals surface area contributed by atoms with Gasteiger partial charge < -0.3 is 9.47 Å². The molecule has 0 N–H and O–H groups in total. The summed E-state index contributed by atoms with van der Waals surface area (Å²) in [5.74, 6) is 0.283. The zero-order chi connectivity index (χ0) is 22.1. The van der Waals surface area contributed by atoms with Crippen LogP contribution in [0.2, 0.25) is 5.02 Å². The molecule has 0 spiro atoms. The first-order chi connectivity index (χ1) is 14.1. The van der Waals surface area contributed by atoms with Crippen molar-refractivity contribution >= 4 is 44.8 Å². The van der Waals surface area contributed by atoms with Gasteiger partial charge in [-0.15, -0.1) is 5.10 Å². The van der Waals surface area contributed by atoms with Gasteiger partial charge in [0.25, 0.3) is 5.95 Å². The second-order valence-corrected chi connectivity index (χ2v) is 9.43. The van der Waals surface area contributed by atoms with Gasteiger partial charge in [-0.25, -0.2) is 22.6 Å². The molecule has 30 heavy (non-hydrogen) atoms. The molecule has 160 valence electrons. The Morgan fingerprint density at radius 3 is 2.63 bits per heavy atom. The number of fused-ring (bicyclic) bond motifs is 1. The smallest absolute Gasteiger partial charge is 0.421 e. The predicted octanol–water partition coefficient (Wildman–Crippen LogP) is 3.73. The Bertz CT molecular complexity index is 1190. The molecule has 1 aromatic carbocycles. The average molecular weight is 453 g/mol. The standard InChI is InChI=1S/C19H21ClN4O5S/c1-12(2)11-29-19(25)24(18-21-17-8-5-13(20)10-23(17)22-18)15-7-6-14(30(4,26)27)9-16(15)28-3/h5-10,12H,11H2,1-4H3. The Balaban J connectivity index is 2.15. The van der Waals surface area contributed by atoms with Gasteiger partial charge in [-0.3, -0.25) is 0 Å². The summed E-state index contributed by atoms with van der Waals surface area (Å²) >= 11 is 6.01. The summed E-state index contributed by atoms with van der Waals surface area (Å²) < 4.78 is 36.0.